The largest absolute Gasteiger partial charge is 0.391 e. The third-order valence-corrected chi connectivity index (χ3v) is 6.05. The van der Waals surface area contributed by atoms with Crippen molar-refractivity contribution in [3.05, 3.63) is 54.4 Å². The van der Waals surface area contributed by atoms with Crippen LogP contribution in [-0.2, 0) is 16.0 Å². The number of nitrogens with zero attached hydrogens (tertiary/aromatic N) is 2. The molecule has 1 aromatic carbocycles. The van der Waals surface area contributed by atoms with Crippen LogP contribution in [0.3, 0.4) is 0 Å². The number of aliphatic hydroxyl groups is 1. The van der Waals surface area contributed by atoms with Crippen LogP contribution in [0.25, 0.3) is 11.1 Å². The molecule has 5 heteroatoms. The fourth-order valence-electron chi connectivity index (χ4n) is 4.49. The van der Waals surface area contributed by atoms with Crippen molar-refractivity contribution in [1.29, 1.82) is 0 Å². The van der Waals surface area contributed by atoms with Crippen molar-refractivity contribution in [1.82, 2.24) is 9.88 Å². The van der Waals surface area contributed by atoms with Gasteiger partial charge in [0.15, 0.2) is 0 Å². The lowest BCUT2D eigenvalue weighted by Gasteiger charge is -2.42. The molecule has 0 spiro atoms. The van der Waals surface area contributed by atoms with Gasteiger partial charge in [0.1, 0.15) is 0 Å². The number of hydrogen-bond acceptors (Lipinski definition) is 4. The first-order valence-electron chi connectivity index (χ1n) is 10.2. The smallest absolute Gasteiger partial charge is 0.229 e. The number of benzene rings is 1. The summed E-state index contributed by atoms with van der Waals surface area (Å²) in [6, 6.07) is 12.4. The molecule has 2 saturated heterocycles. The van der Waals surface area contributed by atoms with E-state index in [9.17, 15) is 9.90 Å². The van der Waals surface area contributed by atoms with Gasteiger partial charge in [-0.15, -0.1) is 0 Å². The van der Waals surface area contributed by atoms with Crippen LogP contribution in [0.5, 0.6) is 0 Å². The molecule has 5 nitrogen and oxygen atoms in total. The van der Waals surface area contributed by atoms with Gasteiger partial charge < -0.3 is 14.7 Å². The minimum Gasteiger partial charge on any atom is -0.391 e. The van der Waals surface area contributed by atoms with E-state index in [2.05, 4.69) is 35.3 Å². The van der Waals surface area contributed by atoms with E-state index >= 15 is 0 Å². The van der Waals surface area contributed by atoms with Gasteiger partial charge in [-0.1, -0.05) is 30.3 Å². The Morgan fingerprint density at radius 2 is 2.04 bits per heavy atom. The lowest BCUT2D eigenvalue weighted by Crippen LogP contribution is -2.52. The van der Waals surface area contributed by atoms with Crippen molar-refractivity contribution in [3.63, 3.8) is 0 Å². The number of likely N-dealkylation sites (tertiary alicyclic amines) is 1. The summed E-state index contributed by atoms with van der Waals surface area (Å²) in [5.74, 6) is 0.182. The fraction of sp³-hybridized carbons (Fsp3) is 0.478. The summed E-state index contributed by atoms with van der Waals surface area (Å²) >= 11 is 0. The molecular weight excluding hydrogens is 352 g/mol. The van der Waals surface area contributed by atoms with Crippen molar-refractivity contribution in [2.45, 2.75) is 38.2 Å². The molecule has 0 saturated carbocycles. The lowest BCUT2D eigenvalue weighted by molar-refractivity contribution is -0.151. The Morgan fingerprint density at radius 1 is 1.21 bits per heavy atom. The monoisotopic (exact) mass is 380 g/mol. The van der Waals surface area contributed by atoms with E-state index in [4.69, 9.17) is 4.74 Å². The molecular formula is C23H28N2O3. The van der Waals surface area contributed by atoms with E-state index in [0.29, 0.717) is 26.2 Å². The van der Waals surface area contributed by atoms with Crippen LogP contribution in [-0.4, -0.2) is 53.3 Å². The molecule has 1 unspecified atom stereocenters. The van der Waals surface area contributed by atoms with Gasteiger partial charge in [0.05, 0.1) is 11.5 Å². The Kier molecular flexibility index (Phi) is 5.74. The van der Waals surface area contributed by atoms with Gasteiger partial charge in [-0.2, -0.15) is 0 Å². The second-order valence-corrected chi connectivity index (χ2v) is 8.06. The molecule has 0 radical (unpaired) electrons. The summed E-state index contributed by atoms with van der Waals surface area (Å²) in [6.07, 6.45) is 7.06. The molecule has 2 fully saturated rings. The first-order valence-corrected chi connectivity index (χ1v) is 10.2. The second kappa shape index (κ2) is 8.41. The summed E-state index contributed by atoms with van der Waals surface area (Å²) < 4.78 is 5.59. The summed E-state index contributed by atoms with van der Waals surface area (Å²) in [5, 5.41) is 10.0. The van der Waals surface area contributed by atoms with Crippen LogP contribution < -0.4 is 0 Å². The third kappa shape index (κ3) is 4.10. The molecule has 1 amide bonds. The molecule has 1 atom stereocenters. The zero-order chi connectivity index (χ0) is 19.4. The van der Waals surface area contributed by atoms with Gasteiger partial charge >= 0.3 is 0 Å². The van der Waals surface area contributed by atoms with E-state index in [1.807, 2.05) is 17.2 Å². The maximum Gasteiger partial charge on any atom is 0.229 e. The Balaban J connectivity index is 1.59. The summed E-state index contributed by atoms with van der Waals surface area (Å²) in [6.45, 7) is 2.43. The Morgan fingerprint density at radius 3 is 2.79 bits per heavy atom. The second-order valence-electron chi connectivity index (χ2n) is 8.06. The minimum atomic E-state index is -0.442. The average molecular weight is 380 g/mol. The topological polar surface area (TPSA) is 62.7 Å². The molecule has 0 aliphatic carbocycles. The fourth-order valence-corrected chi connectivity index (χ4v) is 4.49. The molecule has 148 valence electrons. The zero-order valence-electron chi connectivity index (χ0n) is 16.2. The van der Waals surface area contributed by atoms with Crippen molar-refractivity contribution in [2.24, 2.45) is 5.41 Å². The van der Waals surface area contributed by atoms with E-state index in [1.165, 1.54) is 0 Å². The first-order chi connectivity index (χ1) is 13.7. The van der Waals surface area contributed by atoms with Crippen LogP contribution in [0.2, 0.25) is 0 Å². The molecule has 1 N–H and O–H groups in total. The average Bonchev–Trinajstić information content (AvgIpc) is 2.75. The molecule has 2 aliphatic heterocycles. The standard InChI is InChI=1S/C23H28N2O3/c26-21-7-3-11-25(17-21)22(27)23(8-12-28-13-9-23)15-18-4-1-5-19(14-18)20-6-2-10-24-16-20/h1-2,4-6,10,14,16,21,26H,3,7-9,11-13,15,17H2. The van der Waals surface area contributed by atoms with Crippen molar-refractivity contribution >= 4 is 5.91 Å². The van der Waals surface area contributed by atoms with Gasteiger partial charge in [0.25, 0.3) is 0 Å². The number of pyridine rings is 1. The number of piperidine rings is 1. The molecule has 28 heavy (non-hydrogen) atoms. The Hall–Kier alpha value is -2.24. The molecule has 0 bridgehead atoms. The highest BCUT2D eigenvalue weighted by Crippen LogP contribution is 2.38. The molecule has 4 rings (SSSR count). The van der Waals surface area contributed by atoms with Crippen molar-refractivity contribution < 1.29 is 14.6 Å². The van der Waals surface area contributed by atoms with Crippen LogP contribution in [0.15, 0.2) is 48.8 Å². The maximum atomic E-state index is 13.5. The van der Waals surface area contributed by atoms with E-state index in [0.717, 1.165) is 48.9 Å². The molecule has 3 heterocycles. The van der Waals surface area contributed by atoms with Gasteiger partial charge in [0.2, 0.25) is 5.91 Å². The zero-order valence-corrected chi connectivity index (χ0v) is 16.2. The maximum absolute atomic E-state index is 13.5. The van der Waals surface area contributed by atoms with Gasteiger partial charge in [-0.3, -0.25) is 9.78 Å². The SMILES string of the molecule is O=C(N1CCCC(O)C1)C1(Cc2cccc(-c3cccnc3)c2)CCOCC1. The highest BCUT2D eigenvalue weighted by Gasteiger charge is 2.43. The van der Waals surface area contributed by atoms with E-state index < -0.39 is 11.5 Å². The quantitative estimate of drug-likeness (QED) is 0.885. The predicted octanol–water partition coefficient (Wildman–Crippen LogP) is 3.07. The third-order valence-electron chi connectivity index (χ3n) is 6.05. The molecule has 2 aromatic rings. The van der Waals surface area contributed by atoms with E-state index in [-0.39, 0.29) is 5.91 Å². The lowest BCUT2D eigenvalue weighted by atomic mass is 9.73. The number of aliphatic hydroxyl groups excluding tert-OH is 1. The number of amides is 1. The van der Waals surface area contributed by atoms with Crippen LogP contribution in [0, 0.1) is 5.41 Å². The number of carbonyl (C=O) groups is 1. The summed E-state index contributed by atoms with van der Waals surface area (Å²) in [4.78, 5) is 19.6. The number of ether oxygens (including phenoxy) is 1. The number of aromatic nitrogens is 1. The normalized spacial score (nSPS) is 22.0. The molecule has 2 aliphatic rings. The predicted molar refractivity (Wildman–Crippen MR) is 108 cm³/mol. The van der Waals surface area contributed by atoms with Crippen molar-refractivity contribution in [3.8, 4) is 11.1 Å². The number of rotatable bonds is 4. The highest BCUT2D eigenvalue weighted by molar-refractivity contribution is 5.83. The van der Waals surface area contributed by atoms with Gasteiger partial charge in [0, 0.05) is 38.7 Å². The number of carbonyl (C=O) groups excluding carboxylic acids is 1. The summed E-state index contributed by atoms with van der Waals surface area (Å²) in [5.41, 5.74) is 2.92. The van der Waals surface area contributed by atoms with Crippen LogP contribution in [0.4, 0.5) is 0 Å². The Bertz CT molecular complexity index is 803. The summed E-state index contributed by atoms with van der Waals surface area (Å²) in [7, 11) is 0. The molecule has 1 aromatic heterocycles. The van der Waals surface area contributed by atoms with Gasteiger partial charge in [-0.25, -0.2) is 0 Å². The number of β-amino-alcohol motifs (C(OH)–C–C–N with tert-alkyl or cyclic N) is 1. The van der Waals surface area contributed by atoms with Crippen molar-refractivity contribution in [2.75, 3.05) is 26.3 Å². The Labute approximate surface area is 166 Å². The van der Waals surface area contributed by atoms with Crippen LogP contribution >= 0.6 is 0 Å². The van der Waals surface area contributed by atoms with E-state index in [1.54, 1.807) is 6.20 Å². The van der Waals surface area contributed by atoms with Gasteiger partial charge in [-0.05, 0) is 54.9 Å². The number of hydrogen-bond donors (Lipinski definition) is 1. The van der Waals surface area contributed by atoms with Crippen LogP contribution in [0.1, 0.15) is 31.2 Å². The minimum absolute atomic E-state index is 0.182. The highest BCUT2D eigenvalue weighted by atomic mass is 16.5. The first kappa shape index (κ1) is 19.1.